The molecule has 0 heterocycles. The van der Waals surface area contributed by atoms with Gasteiger partial charge >= 0.3 is 5.97 Å². The first-order valence-corrected chi connectivity index (χ1v) is 9.28. The molecule has 2 aromatic rings. The molecule has 1 saturated carbocycles. The molecule has 3 rings (SSSR count). The SMILES string of the molecule is O=C(CC1CCCC1)N[C@H](Cc1ccc(-c2ccccc2)cc1)C(=O)O. The summed E-state index contributed by atoms with van der Waals surface area (Å²) in [7, 11) is 0. The highest BCUT2D eigenvalue weighted by Gasteiger charge is 2.23. The molecule has 1 aliphatic rings. The van der Waals surface area contributed by atoms with Gasteiger partial charge in [-0.2, -0.15) is 0 Å². The Morgan fingerprint density at radius 1 is 0.962 bits per heavy atom. The second-order valence-corrected chi connectivity index (χ2v) is 7.08. The van der Waals surface area contributed by atoms with Crippen LogP contribution < -0.4 is 5.32 Å². The normalized spacial score (nSPS) is 15.5. The fourth-order valence-corrected chi connectivity index (χ4v) is 3.63. The number of hydrogen-bond donors (Lipinski definition) is 2. The van der Waals surface area contributed by atoms with Gasteiger partial charge in [-0.05, 0) is 35.4 Å². The molecule has 0 aromatic heterocycles. The molecule has 0 radical (unpaired) electrons. The largest absolute Gasteiger partial charge is 0.480 e. The minimum absolute atomic E-state index is 0.148. The van der Waals surface area contributed by atoms with Crippen LogP contribution in [0.25, 0.3) is 11.1 Å². The third-order valence-corrected chi connectivity index (χ3v) is 5.08. The highest BCUT2D eigenvalue weighted by molar-refractivity contribution is 5.83. The minimum Gasteiger partial charge on any atom is -0.480 e. The molecular formula is C22H25NO3. The van der Waals surface area contributed by atoms with Crippen molar-refractivity contribution in [3.8, 4) is 11.1 Å². The van der Waals surface area contributed by atoms with E-state index in [1.165, 1.54) is 12.8 Å². The van der Waals surface area contributed by atoms with Crippen molar-refractivity contribution in [1.82, 2.24) is 5.32 Å². The van der Waals surface area contributed by atoms with Crippen molar-refractivity contribution < 1.29 is 14.7 Å². The molecule has 0 unspecified atom stereocenters. The van der Waals surface area contributed by atoms with Crippen LogP contribution in [-0.4, -0.2) is 23.0 Å². The van der Waals surface area contributed by atoms with Gasteiger partial charge < -0.3 is 10.4 Å². The van der Waals surface area contributed by atoms with Crippen LogP contribution in [0.3, 0.4) is 0 Å². The lowest BCUT2D eigenvalue weighted by molar-refractivity contribution is -0.141. The summed E-state index contributed by atoms with van der Waals surface area (Å²) in [5.41, 5.74) is 3.11. The topological polar surface area (TPSA) is 66.4 Å². The van der Waals surface area contributed by atoms with Gasteiger partial charge in [0.15, 0.2) is 0 Å². The molecule has 1 aliphatic carbocycles. The van der Waals surface area contributed by atoms with Gasteiger partial charge in [0.25, 0.3) is 0 Å². The first-order chi connectivity index (χ1) is 12.6. The van der Waals surface area contributed by atoms with Crippen LogP contribution in [0.4, 0.5) is 0 Å². The van der Waals surface area contributed by atoms with E-state index >= 15 is 0 Å². The maximum Gasteiger partial charge on any atom is 0.326 e. The zero-order valence-corrected chi connectivity index (χ0v) is 14.9. The van der Waals surface area contributed by atoms with E-state index < -0.39 is 12.0 Å². The number of carbonyl (C=O) groups is 2. The fraction of sp³-hybridized carbons (Fsp3) is 0.364. The number of carboxylic acids is 1. The van der Waals surface area contributed by atoms with Crippen molar-refractivity contribution in [3.63, 3.8) is 0 Å². The number of carbonyl (C=O) groups excluding carboxylic acids is 1. The second-order valence-electron chi connectivity index (χ2n) is 7.08. The molecule has 0 bridgehead atoms. The van der Waals surface area contributed by atoms with E-state index in [0.29, 0.717) is 18.8 Å². The van der Waals surface area contributed by atoms with Gasteiger partial charge in [0, 0.05) is 12.8 Å². The van der Waals surface area contributed by atoms with E-state index in [1.807, 2.05) is 54.6 Å². The molecule has 2 N–H and O–H groups in total. The van der Waals surface area contributed by atoms with E-state index in [4.69, 9.17) is 0 Å². The average Bonchev–Trinajstić information content (AvgIpc) is 3.15. The van der Waals surface area contributed by atoms with Crippen molar-refractivity contribution in [2.45, 2.75) is 44.6 Å². The number of aliphatic carboxylic acids is 1. The Hall–Kier alpha value is -2.62. The molecule has 1 amide bonds. The summed E-state index contributed by atoms with van der Waals surface area (Å²) >= 11 is 0. The summed E-state index contributed by atoms with van der Waals surface area (Å²) in [6.45, 7) is 0. The van der Waals surface area contributed by atoms with E-state index in [1.54, 1.807) is 0 Å². The standard InChI is InChI=1S/C22H25NO3/c24-21(15-16-6-4-5-7-16)23-20(22(25)26)14-17-10-12-19(13-11-17)18-8-2-1-3-9-18/h1-3,8-13,16,20H,4-7,14-15H2,(H,23,24)(H,25,26)/t20-/m1/s1. The fourth-order valence-electron chi connectivity index (χ4n) is 3.63. The van der Waals surface area contributed by atoms with Crippen molar-refractivity contribution in [2.24, 2.45) is 5.92 Å². The Balaban J connectivity index is 1.60. The maximum atomic E-state index is 12.2. The Morgan fingerprint density at radius 3 is 2.19 bits per heavy atom. The molecule has 0 saturated heterocycles. The third-order valence-electron chi connectivity index (χ3n) is 5.08. The Bertz CT molecular complexity index is 734. The summed E-state index contributed by atoms with van der Waals surface area (Å²) in [5, 5.41) is 12.2. The molecule has 2 aromatic carbocycles. The zero-order chi connectivity index (χ0) is 18.4. The number of carboxylic acid groups (broad SMARTS) is 1. The maximum absolute atomic E-state index is 12.2. The molecule has 1 atom stereocenters. The predicted octanol–water partition coefficient (Wildman–Crippen LogP) is 4.05. The van der Waals surface area contributed by atoms with Gasteiger partial charge in [-0.15, -0.1) is 0 Å². The van der Waals surface area contributed by atoms with E-state index in [-0.39, 0.29) is 5.91 Å². The summed E-state index contributed by atoms with van der Waals surface area (Å²) in [4.78, 5) is 23.7. The summed E-state index contributed by atoms with van der Waals surface area (Å²) in [5.74, 6) is -0.725. The first kappa shape index (κ1) is 18.2. The smallest absolute Gasteiger partial charge is 0.326 e. The number of hydrogen-bond acceptors (Lipinski definition) is 2. The van der Waals surface area contributed by atoms with Crippen molar-refractivity contribution in [2.75, 3.05) is 0 Å². The van der Waals surface area contributed by atoms with Crippen LogP contribution in [0.1, 0.15) is 37.7 Å². The number of nitrogens with one attached hydrogen (secondary N) is 1. The molecule has 26 heavy (non-hydrogen) atoms. The van der Waals surface area contributed by atoms with Crippen molar-refractivity contribution in [3.05, 3.63) is 60.2 Å². The van der Waals surface area contributed by atoms with Crippen molar-refractivity contribution >= 4 is 11.9 Å². The van der Waals surface area contributed by atoms with Crippen LogP contribution in [0.15, 0.2) is 54.6 Å². The zero-order valence-electron chi connectivity index (χ0n) is 14.9. The highest BCUT2D eigenvalue weighted by Crippen LogP contribution is 2.27. The number of benzene rings is 2. The van der Waals surface area contributed by atoms with E-state index in [9.17, 15) is 14.7 Å². The lowest BCUT2D eigenvalue weighted by Gasteiger charge is -2.16. The van der Waals surface area contributed by atoms with Crippen LogP contribution in [0.5, 0.6) is 0 Å². The third kappa shape index (κ3) is 4.94. The van der Waals surface area contributed by atoms with E-state index in [0.717, 1.165) is 29.5 Å². The van der Waals surface area contributed by atoms with Gasteiger partial charge in [0.05, 0.1) is 0 Å². The molecule has 1 fully saturated rings. The summed E-state index contributed by atoms with van der Waals surface area (Å²) < 4.78 is 0. The molecular weight excluding hydrogens is 326 g/mol. The van der Waals surface area contributed by atoms with Gasteiger partial charge in [-0.1, -0.05) is 67.4 Å². The molecule has 4 nitrogen and oxygen atoms in total. The Labute approximate surface area is 154 Å². The molecule has 4 heteroatoms. The van der Waals surface area contributed by atoms with Gasteiger partial charge in [0.1, 0.15) is 6.04 Å². The van der Waals surface area contributed by atoms with Crippen LogP contribution in [0, 0.1) is 5.92 Å². The van der Waals surface area contributed by atoms with Crippen LogP contribution >= 0.6 is 0 Å². The number of amides is 1. The Morgan fingerprint density at radius 2 is 1.58 bits per heavy atom. The lowest BCUT2D eigenvalue weighted by atomic mass is 10.00. The number of rotatable bonds is 7. The van der Waals surface area contributed by atoms with Gasteiger partial charge in [-0.25, -0.2) is 4.79 Å². The second kappa shape index (κ2) is 8.65. The average molecular weight is 351 g/mol. The summed E-state index contributed by atoms with van der Waals surface area (Å²) in [6.07, 6.45) is 5.23. The molecule has 136 valence electrons. The van der Waals surface area contributed by atoms with Gasteiger partial charge in [-0.3, -0.25) is 4.79 Å². The van der Waals surface area contributed by atoms with Crippen LogP contribution in [-0.2, 0) is 16.0 Å². The van der Waals surface area contributed by atoms with E-state index in [2.05, 4.69) is 5.32 Å². The quantitative estimate of drug-likeness (QED) is 0.791. The lowest BCUT2D eigenvalue weighted by Crippen LogP contribution is -2.42. The molecule has 0 spiro atoms. The highest BCUT2D eigenvalue weighted by atomic mass is 16.4. The minimum atomic E-state index is -0.989. The summed E-state index contributed by atoms with van der Waals surface area (Å²) in [6, 6.07) is 17.0. The Kier molecular flexibility index (Phi) is 6.05. The molecule has 0 aliphatic heterocycles. The van der Waals surface area contributed by atoms with Crippen molar-refractivity contribution in [1.29, 1.82) is 0 Å². The van der Waals surface area contributed by atoms with Gasteiger partial charge in [0.2, 0.25) is 5.91 Å². The van der Waals surface area contributed by atoms with Crippen LogP contribution in [0.2, 0.25) is 0 Å². The first-order valence-electron chi connectivity index (χ1n) is 9.28. The predicted molar refractivity (Wildman–Crippen MR) is 102 cm³/mol. The monoisotopic (exact) mass is 351 g/mol.